The van der Waals surface area contributed by atoms with Gasteiger partial charge in [0.25, 0.3) is 5.56 Å². The number of nitrogens with zero attached hydrogens (tertiary/aromatic N) is 2. The van der Waals surface area contributed by atoms with E-state index >= 15 is 0 Å². The highest BCUT2D eigenvalue weighted by Crippen LogP contribution is 2.24. The molecule has 34 heavy (non-hydrogen) atoms. The average molecular weight is 481 g/mol. The van der Waals surface area contributed by atoms with Gasteiger partial charge >= 0.3 is 5.69 Å². The SMILES string of the molecule is CCCCn1c(N)c(N(Cc2ccccc2)C(=O)CCSc2ccc(C)c(C)c2)c(=O)[nH]c1=O. The fraction of sp³-hybridized carbons (Fsp3) is 0.346. The lowest BCUT2D eigenvalue weighted by atomic mass is 10.1. The molecule has 0 atom stereocenters. The Balaban J connectivity index is 1.89. The van der Waals surface area contributed by atoms with E-state index in [4.69, 9.17) is 5.73 Å². The second-order valence-electron chi connectivity index (χ2n) is 8.31. The smallest absolute Gasteiger partial charge is 0.330 e. The molecule has 1 aromatic heterocycles. The molecule has 8 heteroatoms. The zero-order valence-corrected chi connectivity index (χ0v) is 20.8. The normalized spacial score (nSPS) is 10.9. The predicted octanol–water partition coefficient (Wildman–Crippen LogP) is 4.25. The fourth-order valence-corrected chi connectivity index (χ4v) is 4.57. The highest BCUT2D eigenvalue weighted by atomic mass is 32.2. The molecule has 2 aromatic carbocycles. The average Bonchev–Trinajstić information content (AvgIpc) is 2.81. The molecule has 3 N–H and O–H groups in total. The minimum atomic E-state index is -0.652. The van der Waals surface area contributed by atoms with Gasteiger partial charge < -0.3 is 10.6 Å². The number of unbranched alkanes of at least 4 members (excludes halogenated alkanes) is 1. The van der Waals surface area contributed by atoms with E-state index in [1.165, 1.54) is 20.6 Å². The van der Waals surface area contributed by atoms with Crippen LogP contribution < -0.4 is 21.9 Å². The van der Waals surface area contributed by atoms with Gasteiger partial charge in [0.15, 0.2) is 5.69 Å². The summed E-state index contributed by atoms with van der Waals surface area (Å²) < 4.78 is 1.34. The summed E-state index contributed by atoms with van der Waals surface area (Å²) in [5.74, 6) is 0.353. The van der Waals surface area contributed by atoms with E-state index in [9.17, 15) is 14.4 Å². The first-order valence-corrected chi connectivity index (χ1v) is 12.5. The van der Waals surface area contributed by atoms with Crippen molar-refractivity contribution in [1.29, 1.82) is 0 Å². The molecule has 0 spiro atoms. The van der Waals surface area contributed by atoms with Gasteiger partial charge in [-0.2, -0.15) is 0 Å². The van der Waals surface area contributed by atoms with Crippen molar-refractivity contribution < 1.29 is 4.79 Å². The number of benzene rings is 2. The molecule has 0 bridgehead atoms. The molecule has 0 radical (unpaired) electrons. The molecular formula is C26H32N4O3S. The van der Waals surface area contributed by atoms with Gasteiger partial charge in [-0.25, -0.2) is 4.79 Å². The van der Waals surface area contributed by atoms with Gasteiger partial charge in [0.05, 0.1) is 6.54 Å². The van der Waals surface area contributed by atoms with Crippen LogP contribution in [0.15, 0.2) is 63.0 Å². The van der Waals surface area contributed by atoms with Gasteiger partial charge in [0.1, 0.15) is 5.82 Å². The Morgan fingerprint density at radius 1 is 1.09 bits per heavy atom. The molecule has 0 aliphatic rings. The van der Waals surface area contributed by atoms with E-state index in [1.54, 1.807) is 11.8 Å². The lowest BCUT2D eigenvalue weighted by Gasteiger charge is -2.25. The molecular weight excluding hydrogens is 448 g/mol. The third kappa shape index (κ3) is 6.20. The zero-order chi connectivity index (χ0) is 24.7. The summed E-state index contributed by atoms with van der Waals surface area (Å²) in [7, 11) is 0. The lowest BCUT2D eigenvalue weighted by molar-refractivity contribution is -0.118. The molecule has 0 unspecified atom stereocenters. The van der Waals surface area contributed by atoms with Crippen molar-refractivity contribution in [2.75, 3.05) is 16.4 Å². The van der Waals surface area contributed by atoms with Crippen LogP contribution in [0.5, 0.6) is 0 Å². The number of anilines is 2. The van der Waals surface area contributed by atoms with Crippen molar-refractivity contribution >= 4 is 29.2 Å². The van der Waals surface area contributed by atoms with Crippen LogP contribution in [-0.2, 0) is 17.9 Å². The summed E-state index contributed by atoms with van der Waals surface area (Å²) in [4.78, 5) is 43.4. The summed E-state index contributed by atoms with van der Waals surface area (Å²) in [6.45, 7) is 6.70. The van der Waals surface area contributed by atoms with Crippen molar-refractivity contribution in [1.82, 2.24) is 9.55 Å². The van der Waals surface area contributed by atoms with E-state index in [2.05, 4.69) is 31.0 Å². The number of H-pyrrole nitrogens is 1. The summed E-state index contributed by atoms with van der Waals surface area (Å²) in [5.41, 5.74) is 8.42. The number of carbonyl (C=O) groups excluding carboxylic acids is 1. The Bertz CT molecular complexity index is 1250. The number of rotatable bonds is 10. The molecule has 0 aliphatic heterocycles. The first kappa shape index (κ1) is 25.4. The Kier molecular flexibility index (Phi) is 8.76. The quantitative estimate of drug-likeness (QED) is 0.423. The second-order valence-corrected chi connectivity index (χ2v) is 9.48. The zero-order valence-electron chi connectivity index (χ0n) is 20.0. The Labute approximate surface area is 204 Å². The number of hydrogen-bond donors (Lipinski definition) is 2. The number of carbonyl (C=O) groups is 1. The van der Waals surface area contributed by atoms with E-state index < -0.39 is 11.2 Å². The topological polar surface area (TPSA) is 101 Å². The highest BCUT2D eigenvalue weighted by molar-refractivity contribution is 7.99. The summed E-state index contributed by atoms with van der Waals surface area (Å²) in [6.07, 6.45) is 1.81. The Hall–Kier alpha value is -3.26. The van der Waals surface area contributed by atoms with Crippen LogP contribution >= 0.6 is 11.8 Å². The summed E-state index contributed by atoms with van der Waals surface area (Å²) >= 11 is 1.60. The largest absolute Gasteiger partial charge is 0.383 e. The summed E-state index contributed by atoms with van der Waals surface area (Å²) in [5, 5.41) is 0. The first-order chi connectivity index (χ1) is 16.3. The second kappa shape index (κ2) is 11.7. The number of nitrogens with two attached hydrogens (primary N) is 1. The summed E-state index contributed by atoms with van der Waals surface area (Å²) in [6, 6.07) is 15.7. The van der Waals surface area contributed by atoms with E-state index in [-0.39, 0.29) is 30.4 Å². The standard InChI is InChI=1S/C26H32N4O3S/c1-4-5-14-29-24(27)23(25(32)28-26(29)33)30(17-20-9-7-6-8-10-20)22(31)13-15-34-21-12-11-18(2)19(3)16-21/h6-12,16H,4-5,13-15,17,27H2,1-3H3,(H,28,32,33). The monoisotopic (exact) mass is 480 g/mol. The Morgan fingerprint density at radius 2 is 1.82 bits per heavy atom. The number of hydrogen-bond acceptors (Lipinski definition) is 5. The van der Waals surface area contributed by atoms with Gasteiger partial charge in [-0.15, -0.1) is 11.8 Å². The Morgan fingerprint density at radius 3 is 2.50 bits per heavy atom. The molecule has 180 valence electrons. The number of aryl methyl sites for hydroxylation is 2. The fourth-order valence-electron chi connectivity index (χ4n) is 3.63. The molecule has 7 nitrogen and oxygen atoms in total. The van der Waals surface area contributed by atoms with Crippen LogP contribution in [-0.4, -0.2) is 21.2 Å². The van der Waals surface area contributed by atoms with E-state index in [0.717, 1.165) is 23.3 Å². The minimum Gasteiger partial charge on any atom is -0.383 e. The van der Waals surface area contributed by atoms with Gasteiger partial charge in [0.2, 0.25) is 5.91 Å². The van der Waals surface area contributed by atoms with Gasteiger partial charge in [-0.3, -0.25) is 19.1 Å². The maximum absolute atomic E-state index is 13.4. The minimum absolute atomic E-state index is 0.0216. The van der Waals surface area contributed by atoms with Gasteiger partial charge in [-0.1, -0.05) is 49.7 Å². The molecule has 0 fully saturated rings. The number of nitrogen functional groups attached to an aromatic ring is 1. The molecule has 0 saturated heterocycles. The third-order valence-corrected chi connectivity index (χ3v) is 6.76. The van der Waals surface area contributed by atoms with Crippen molar-refractivity contribution in [3.05, 3.63) is 86.1 Å². The van der Waals surface area contributed by atoms with Gasteiger partial charge in [-0.05, 0) is 49.1 Å². The maximum atomic E-state index is 13.4. The number of aromatic amines is 1. The van der Waals surface area contributed by atoms with Crippen LogP contribution in [0.4, 0.5) is 11.5 Å². The number of thioether (sulfide) groups is 1. The molecule has 0 aliphatic carbocycles. The molecule has 3 aromatic rings. The van der Waals surface area contributed by atoms with E-state index in [1.807, 2.05) is 43.3 Å². The number of aromatic nitrogens is 2. The van der Waals surface area contributed by atoms with Crippen molar-refractivity contribution in [3.8, 4) is 0 Å². The molecule has 0 saturated carbocycles. The van der Waals surface area contributed by atoms with Crippen LogP contribution in [0.1, 0.15) is 42.9 Å². The van der Waals surface area contributed by atoms with Crippen molar-refractivity contribution in [2.24, 2.45) is 0 Å². The molecule has 3 rings (SSSR count). The van der Waals surface area contributed by atoms with E-state index in [0.29, 0.717) is 12.3 Å². The molecule has 1 amide bonds. The van der Waals surface area contributed by atoms with Crippen LogP contribution in [0.3, 0.4) is 0 Å². The number of amides is 1. The van der Waals surface area contributed by atoms with Crippen LogP contribution in [0.2, 0.25) is 0 Å². The number of nitrogens with one attached hydrogen (secondary N) is 1. The van der Waals surface area contributed by atoms with Crippen molar-refractivity contribution in [3.63, 3.8) is 0 Å². The van der Waals surface area contributed by atoms with Crippen molar-refractivity contribution in [2.45, 2.75) is 58.0 Å². The maximum Gasteiger partial charge on any atom is 0.330 e. The first-order valence-electron chi connectivity index (χ1n) is 11.5. The predicted molar refractivity (Wildman–Crippen MR) is 140 cm³/mol. The third-order valence-electron chi connectivity index (χ3n) is 5.77. The van der Waals surface area contributed by atoms with Crippen LogP contribution in [0, 0.1) is 13.8 Å². The highest BCUT2D eigenvalue weighted by Gasteiger charge is 2.24. The van der Waals surface area contributed by atoms with Gasteiger partial charge in [0, 0.05) is 23.6 Å². The molecule has 1 heterocycles. The lowest BCUT2D eigenvalue weighted by Crippen LogP contribution is -2.41. The van der Waals surface area contributed by atoms with Crippen LogP contribution in [0.25, 0.3) is 0 Å².